The molecule has 1 fully saturated rings. The molecule has 1 aliphatic rings. The highest BCUT2D eigenvalue weighted by atomic mass is 35.5. The van der Waals surface area contributed by atoms with Crippen LogP contribution < -0.4 is 10.1 Å². The predicted octanol–water partition coefficient (Wildman–Crippen LogP) is 3.35. The van der Waals surface area contributed by atoms with Gasteiger partial charge in [0.05, 0.1) is 5.52 Å². The SMILES string of the molecule is CC(=O)Nc1nc(OC2CCCCC2)c2nc(Cl)ccc2n1. The van der Waals surface area contributed by atoms with Crippen LogP contribution in [0.25, 0.3) is 11.0 Å². The summed E-state index contributed by atoms with van der Waals surface area (Å²) >= 11 is 5.97. The van der Waals surface area contributed by atoms with E-state index in [1.54, 1.807) is 12.1 Å². The fourth-order valence-corrected chi connectivity index (χ4v) is 2.75. The third-order valence-electron chi connectivity index (χ3n) is 3.59. The minimum atomic E-state index is -0.232. The Balaban J connectivity index is 1.99. The summed E-state index contributed by atoms with van der Waals surface area (Å²) in [4.78, 5) is 24.1. The van der Waals surface area contributed by atoms with Gasteiger partial charge in [-0.25, -0.2) is 9.97 Å². The van der Waals surface area contributed by atoms with Crippen LogP contribution in [0.5, 0.6) is 5.88 Å². The van der Waals surface area contributed by atoms with Crippen LogP contribution in [0.1, 0.15) is 39.0 Å². The molecule has 3 rings (SSSR count). The van der Waals surface area contributed by atoms with Gasteiger partial charge in [0.25, 0.3) is 0 Å². The van der Waals surface area contributed by atoms with E-state index >= 15 is 0 Å². The lowest BCUT2D eigenvalue weighted by molar-refractivity contribution is -0.114. The van der Waals surface area contributed by atoms with E-state index in [9.17, 15) is 4.79 Å². The molecule has 0 aliphatic heterocycles. The highest BCUT2D eigenvalue weighted by Crippen LogP contribution is 2.28. The number of nitrogens with one attached hydrogen (secondary N) is 1. The van der Waals surface area contributed by atoms with Crippen LogP contribution in [0.2, 0.25) is 5.15 Å². The van der Waals surface area contributed by atoms with Crippen molar-refractivity contribution in [2.24, 2.45) is 0 Å². The molecule has 116 valence electrons. The number of fused-ring (bicyclic) bond motifs is 1. The van der Waals surface area contributed by atoms with Crippen molar-refractivity contribution in [3.63, 3.8) is 0 Å². The average Bonchev–Trinajstić information content (AvgIpc) is 2.48. The number of hydrogen-bond donors (Lipinski definition) is 1. The zero-order valence-corrected chi connectivity index (χ0v) is 13.1. The van der Waals surface area contributed by atoms with Crippen molar-refractivity contribution in [1.29, 1.82) is 0 Å². The molecule has 22 heavy (non-hydrogen) atoms. The Hall–Kier alpha value is -1.95. The predicted molar refractivity (Wildman–Crippen MR) is 84.1 cm³/mol. The second kappa shape index (κ2) is 6.44. The Morgan fingerprint density at radius 2 is 2.00 bits per heavy atom. The molecule has 6 nitrogen and oxygen atoms in total. The normalized spacial score (nSPS) is 15.7. The molecule has 1 saturated carbocycles. The molecule has 0 bridgehead atoms. The van der Waals surface area contributed by atoms with Gasteiger partial charge in [-0.05, 0) is 37.8 Å². The number of rotatable bonds is 3. The zero-order valence-electron chi connectivity index (χ0n) is 12.3. The minimum Gasteiger partial charge on any atom is -0.473 e. The van der Waals surface area contributed by atoms with Crippen molar-refractivity contribution in [2.45, 2.75) is 45.1 Å². The number of amides is 1. The van der Waals surface area contributed by atoms with Gasteiger partial charge in [-0.15, -0.1) is 0 Å². The maximum Gasteiger partial charge on any atom is 0.245 e. The largest absolute Gasteiger partial charge is 0.473 e. The molecule has 0 atom stereocenters. The summed E-state index contributed by atoms with van der Waals surface area (Å²) in [7, 11) is 0. The van der Waals surface area contributed by atoms with Gasteiger partial charge < -0.3 is 4.74 Å². The van der Waals surface area contributed by atoms with Crippen LogP contribution in [-0.2, 0) is 4.79 Å². The Bertz CT molecular complexity index is 701. The van der Waals surface area contributed by atoms with Gasteiger partial charge in [-0.2, -0.15) is 4.98 Å². The Morgan fingerprint density at radius 3 is 2.73 bits per heavy atom. The first kappa shape index (κ1) is 15.0. The molecule has 1 aliphatic carbocycles. The lowest BCUT2D eigenvalue weighted by atomic mass is 9.98. The van der Waals surface area contributed by atoms with Crippen molar-refractivity contribution in [3.05, 3.63) is 17.3 Å². The van der Waals surface area contributed by atoms with Gasteiger partial charge in [0.1, 0.15) is 11.3 Å². The first-order valence-electron chi connectivity index (χ1n) is 7.40. The molecular weight excluding hydrogens is 304 g/mol. The number of halogens is 1. The molecule has 0 spiro atoms. The monoisotopic (exact) mass is 320 g/mol. The smallest absolute Gasteiger partial charge is 0.245 e. The van der Waals surface area contributed by atoms with Crippen molar-refractivity contribution < 1.29 is 9.53 Å². The molecule has 1 N–H and O–H groups in total. The Labute approximate surface area is 133 Å². The third-order valence-corrected chi connectivity index (χ3v) is 3.81. The van der Waals surface area contributed by atoms with Gasteiger partial charge in [-0.1, -0.05) is 18.0 Å². The minimum absolute atomic E-state index is 0.123. The lowest BCUT2D eigenvalue weighted by Gasteiger charge is -2.22. The van der Waals surface area contributed by atoms with E-state index in [1.807, 2.05) is 0 Å². The maximum absolute atomic E-state index is 11.2. The molecule has 0 unspecified atom stereocenters. The molecule has 2 heterocycles. The number of nitrogens with zero attached hydrogens (tertiary/aromatic N) is 3. The van der Waals surface area contributed by atoms with E-state index in [4.69, 9.17) is 16.3 Å². The Kier molecular flexibility index (Phi) is 4.38. The molecule has 2 aromatic heterocycles. The molecule has 0 radical (unpaired) electrons. The van der Waals surface area contributed by atoms with Crippen molar-refractivity contribution in [3.8, 4) is 5.88 Å². The molecular formula is C15H17ClN4O2. The Morgan fingerprint density at radius 1 is 1.23 bits per heavy atom. The highest BCUT2D eigenvalue weighted by molar-refractivity contribution is 6.29. The van der Waals surface area contributed by atoms with Gasteiger partial charge in [0, 0.05) is 6.92 Å². The summed E-state index contributed by atoms with van der Waals surface area (Å²) < 4.78 is 6.02. The summed E-state index contributed by atoms with van der Waals surface area (Å²) in [5.74, 6) is 0.364. The quantitative estimate of drug-likeness (QED) is 0.877. The fraction of sp³-hybridized carbons (Fsp3) is 0.467. The third kappa shape index (κ3) is 3.44. The number of hydrogen-bond acceptors (Lipinski definition) is 5. The van der Waals surface area contributed by atoms with Gasteiger partial charge in [0.2, 0.25) is 17.7 Å². The van der Waals surface area contributed by atoms with E-state index in [0.717, 1.165) is 25.7 Å². The number of carbonyl (C=O) groups excluding carboxylic acids is 1. The standard InChI is InChI=1S/C15H17ClN4O2/c1-9(21)17-15-18-11-7-8-12(16)19-13(11)14(20-15)22-10-5-3-2-4-6-10/h7-8,10H,2-6H2,1H3,(H,17,18,20,21). The topological polar surface area (TPSA) is 77.0 Å². The average molecular weight is 321 g/mol. The van der Waals surface area contributed by atoms with Gasteiger partial charge in [0.15, 0.2) is 5.52 Å². The lowest BCUT2D eigenvalue weighted by Crippen LogP contribution is -2.21. The summed E-state index contributed by atoms with van der Waals surface area (Å²) in [6.45, 7) is 1.41. The number of anilines is 1. The van der Waals surface area contributed by atoms with Gasteiger partial charge in [-0.3, -0.25) is 10.1 Å². The van der Waals surface area contributed by atoms with Crippen molar-refractivity contribution >= 4 is 34.5 Å². The first-order chi connectivity index (χ1) is 10.6. The first-order valence-corrected chi connectivity index (χ1v) is 7.78. The van der Waals surface area contributed by atoms with Crippen LogP contribution in [0, 0.1) is 0 Å². The van der Waals surface area contributed by atoms with Crippen molar-refractivity contribution in [2.75, 3.05) is 5.32 Å². The van der Waals surface area contributed by atoms with Gasteiger partial charge >= 0.3 is 0 Å². The number of aromatic nitrogens is 3. The molecule has 0 saturated heterocycles. The van der Waals surface area contributed by atoms with Crippen LogP contribution in [0.4, 0.5) is 5.95 Å². The summed E-state index contributed by atoms with van der Waals surface area (Å²) in [5.41, 5.74) is 1.11. The zero-order chi connectivity index (χ0) is 15.5. The van der Waals surface area contributed by atoms with E-state index in [1.165, 1.54) is 13.3 Å². The molecule has 0 aromatic carbocycles. The van der Waals surface area contributed by atoms with Crippen LogP contribution in [0.3, 0.4) is 0 Å². The second-order valence-corrected chi connectivity index (χ2v) is 5.80. The summed E-state index contributed by atoms with van der Waals surface area (Å²) in [5, 5.41) is 2.95. The summed E-state index contributed by atoms with van der Waals surface area (Å²) in [6, 6.07) is 3.39. The van der Waals surface area contributed by atoms with Crippen molar-refractivity contribution in [1.82, 2.24) is 15.0 Å². The number of pyridine rings is 1. The van der Waals surface area contributed by atoms with Crippen LogP contribution >= 0.6 is 11.6 Å². The number of carbonyl (C=O) groups is 1. The van der Waals surface area contributed by atoms with Crippen LogP contribution in [0.15, 0.2) is 12.1 Å². The second-order valence-electron chi connectivity index (χ2n) is 5.41. The van der Waals surface area contributed by atoms with E-state index in [2.05, 4.69) is 20.3 Å². The van der Waals surface area contributed by atoms with E-state index < -0.39 is 0 Å². The maximum atomic E-state index is 11.2. The number of ether oxygens (including phenoxy) is 1. The highest BCUT2D eigenvalue weighted by Gasteiger charge is 2.19. The molecule has 2 aromatic rings. The van der Waals surface area contributed by atoms with Crippen LogP contribution in [-0.4, -0.2) is 27.0 Å². The van der Waals surface area contributed by atoms with E-state index in [-0.39, 0.29) is 18.0 Å². The molecule has 1 amide bonds. The molecule has 7 heteroatoms. The fourth-order valence-electron chi connectivity index (χ4n) is 2.60. The summed E-state index contributed by atoms with van der Waals surface area (Å²) in [6.07, 6.45) is 5.67. The van der Waals surface area contributed by atoms with E-state index in [0.29, 0.717) is 22.1 Å².